The lowest BCUT2D eigenvalue weighted by atomic mass is 10.1. The third-order valence-corrected chi connectivity index (χ3v) is 3.30. The van der Waals surface area contributed by atoms with E-state index in [0.29, 0.717) is 13.2 Å². The molecule has 0 aliphatic rings. The van der Waals surface area contributed by atoms with E-state index in [1.54, 1.807) is 12.1 Å². The molecule has 2 rings (SSSR count). The predicted octanol–water partition coefficient (Wildman–Crippen LogP) is 3.67. The number of benzene rings is 2. The summed E-state index contributed by atoms with van der Waals surface area (Å²) in [5.74, 6) is -0.114. The predicted molar refractivity (Wildman–Crippen MR) is 77.6 cm³/mol. The second kappa shape index (κ2) is 6.68. The molecule has 0 saturated carbocycles. The number of ether oxygens (including phenoxy) is 1. The first-order chi connectivity index (χ1) is 9.20. The van der Waals surface area contributed by atoms with Crippen LogP contribution in [-0.4, -0.2) is 6.54 Å². The van der Waals surface area contributed by atoms with Crippen LogP contribution < -0.4 is 10.5 Å². The first-order valence-electron chi connectivity index (χ1n) is 6.05. The molecule has 2 aromatic carbocycles. The Balaban J connectivity index is 2.12. The van der Waals surface area contributed by atoms with Gasteiger partial charge in [0, 0.05) is 4.47 Å². The van der Waals surface area contributed by atoms with Gasteiger partial charge in [0.2, 0.25) is 0 Å². The topological polar surface area (TPSA) is 35.2 Å². The van der Waals surface area contributed by atoms with E-state index in [1.165, 1.54) is 6.07 Å². The molecule has 0 amide bonds. The highest BCUT2D eigenvalue weighted by Crippen LogP contribution is 2.23. The maximum Gasteiger partial charge on any atom is 0.165 e. The molecule has 0 aliphatic carbocycles. The van der Waals surface area contributed by atoms with Gasteiger partial charge >= 0.3 is 0 Å². The number of halogens is 2. The van der Waals surface area contributed by atoms with Crippen molar-refractivity contribution in [3.05, 3.63) is 63.9 Å². The molecule has 0 aliphatic heterocycles. The molecule has 0 unspecified atom stereocenters. The second-order valence-electron chi connectivity index (χ2n) is 4.17. The van der Waals surface area contributed by atoms with E-state index in [2.05, 4.69) is 15.9 Å². The maximum absolute atomic E-state index is 13.6. The van der Waals surface area contributed by atoms with E-state index in [0.717, 1.165) is 22.0 Å². The van der Waals surface area contributed by atoms with Crippen molar-refractivity contribution >= 4 is 15.9 Å². The van der Waals surface area contributed by atoms with Crippen molar-refractivity contribution in [1.29, 1.82) is 0 Å². The minimum atomic E-state index is -0.362. The Morgan fingerprint density at radius 2 is 1.84 bits per heavy atom. The first kappa shape index (κ1) is 14.0. The van der Waals surface area contributed by atoms with E-state index >= 15 is 0 Å². The highest BCUT2D eigenvalue weighted by Gasteiger charge is 2.06. The standard InChI is InChI=1S/C15H15BrFNO/c16-13-5-6-14(17)15(9-13)19-10-12-4-2-1-3-11(12)7-8-18/h1-6,9H,7-8,10,18H2. The fraction of sp³-hybridized carbons (Fsp3) is 0.200. The van der Waals surface area contributed by atoms with Gasteiger partial charge in [0.25, 0.3) is 0 Å². The minimum absolute atomic E-state index is 0.247. The van der Waals surface area contributed by atoms with Gasteiger partial charge < -0.3 is 10.5 Å². The van der Waals surface area contributed by atoms with Crippen molar-refractivity contribution in [3.63, 3.8) is 0 Å². The molecule has 0 aromatic heterocycles. The Morgan fingerprint density at radius 1 is 1.11 bits per heavy atom. The molecule has 2 nitrogen and oxygen atoms in total. The average molecular weight is 324 g/mol. The van der Waals surface area contributed by atoms with Crippen molar-refractivity contribution in [1.82, 2.24) is 0 Å². The number of hydrogen-bond donors (Lipinski definition) is 1. The van der Waals surface area contributed by atoms with Gasteiger partial charge in [-0.15, -0.1) is 0 Å². The summed E-state index contributed by atoms with van der Waals surface area (Å²) in [5.41, 5.74) is 7.75. The van der Waals surface area contributed by atoms with Gasteiger partial charge in [-0.25, -0.2) is 4.39 Å². The molecular formula is C15H15BrFNO. The Hall–Kier alpha value is -1.39. The fourth-order valence-electron chi connectivity index (χ4n) is 1.84. The summed E-state index contributed by atoms with van der Waals surface area (Å²) < 4.78 is 19.9. The molecule has 0 atom stereocenters. The summed E-state index contributed by atoms with van der Waals surface area (Å²) in [6, 6.07) is 12.5. The molecule has 0 saturated heterocycles. The number of rotatable bonds is 5. The van der Waals surface area contributed by atoms with Gasteiger partial charge in [-0.1, -0.05) is 40.2 Å². The first-order valence-corrected chi connectivity index (χ1v) is 6.84. The zero-order valence-electron chi connectivity index (χ0n) is 10.4. The van der Waals surface area contributed by atoms with E-state index in [4.69, 9.17) is 10.5 Å². The molecule has 4 heteroatoms. The lowest BCUT2D eigenvalue weighted by Gasteiger charge is -2.11. The Labute approximate surface area is 120 Å². The van der Waals surface area contributed by atoms with Crippen molar-refractivity contribution in [3.8, 4) is 5.75 Å². The summed E-state index contributed by atoms with van der Waals surface area (Å²) in [7, 11) is 0. The van der Waals surface area contributed by atoms with Crippen LogP contribution in [0.4, 0.5) is 4.39 Å². The van der Waals surface area contributed by atoms with Crippen LogP contribution in [0.5, 0.6) is 5.75 Å². The number of nitrogens with two attached hydrogens (primary N) is 1. The van der Waals surface area contributed by atoms with Gasteiger partial charge in [0.15, 0.2) is 11.6 Å². The van der Waals surface area contributed by atoms with Crippen molar-refractivity contribution < 1.29 is 9.13 Å². The van der Waals surface area contributed by atoms with Gasteiger partial charge in [-0.3, -0.25) is 0 Å². The third-order valence-electron chi connectivity index (χ3n) is 2.81. The molecular weight excluding hydrogens is 309 g/mol. The second-order valence-corrected chi connectivity index (χ2v) is 5.09. The SMILES string of the molecule is NCCc1ccccc1COc1cc(Br)ccc1F. The van der Waals surface area contributed by atoms with Crippen LogP contribution in [0.15, 0.2) is 46.9 Å². The van der Waals surface area contributed by atoms with Crippen molar-refractivity contribution in [2.75, 3.05) is 6.54 Å². The third kappa shape index (κ3) is 3.78. The monoisotopic (exact) mass is 323 g/mol. The lowest BCUT2D eigenvalue weighted by molar-refractivity contribution is 0.289. The molecule has 19 heavy (non-hydrogen) atoms. The smallest absolute Gasteiger partial charge is 0.165 e. The summed E-state index contributed by atoms with van der Waals surface area (Å²) in [6.45, 7) is 0.922. The van der Waals surface area contributed by atoms with E-state index in [9.17, 15) is 4.39 Å². The van der Waals surface area contributed by atoms with Crippen molar-refractivity contribution in [2.24, 2.45) is 5.73 Å². The van der Waals surface area contributed by atoms with Crippen molar-refractivity contribution in [2.45, 2.75) is 13.0 Å². The normalized spacial score (nSPS) is 10.5. The molecule has 2 N–H and O–H groups in total. The van der Waals surface area contributed by atoms with E-state index in [-0.39, 0.29) is 11.6 Å². The zero-order valence-corrected chi connectivity index (χ0v) is 12.0. The number of hydrogen-bond acceptors (Lipinski definition) is 2. The van der Waals surface area contributed by atoms with Crippen LogP contribution in [0.1, 0.15) is 11.1 Å². The Morgan fingerprint density at radius 3 is 2.58 bits per heavy atom. The van der Waals surface area contributed by atoms with Gasteiger partial charge in [-0.05, 0) is 42.3 Å². The molecule has 100 valence electrons. The minimum Gasteiger partial charge on any atom is -0.486 e. The van der Waals surface area contributed by atoms with Crippen LogP contribution in [-0.2, 0) is 13.0 Å². The summed E-state index contributed by atoms with van der Waals surface area (Å²) in [6.07, 6.45) is 0.792. The highest BCUT2D eigenvalue weighted by atomic mass is 79.9. The summed E-state index contributed by atoms with van der Waals surface area (Å²) in [5, 5.41) is 0. The van der Waals surface area contributed by atoms with Crippen LogP contribution in [0.25, 0.3) is 0 Å². The summed E-state index contributed by atoms with van der Waals surface area (Å²) in [4.78, 5) is 0. The van der Waals surface area contributed by atoms with Gasteiger partial charge in [-0.2, -0.15) is 0 Å². The molecule has 2 aromatic rings. The Kier molecular flexibility index (Phi) is 4.93. The molecule has 0 bridgehead atoms. The quantitative estimate of drug-likeness (QED) is 0.911. The van der Waals surface area contributed by atoms with E-state index < -0.39 is 0 Å². The Bertz CT molecular complexity index is 560. The average Bonchev–Trinajstić information content (AvgIpc) is 2.42. The highest BCUT2D eigenvalue weighted by molar-refractivity contribution is 9.10. The summed E-state index contributed by atoms with van der Waals surface area (Å²) >= 11 is 3.30. The van der Waals surface area contributed by atoms with Crippen LogP contribution in [0, 0.1) is 5.82 Å². The van der Waals surface area contributed by atoms with Crippen LogP contribution in [0.2, 0.25) is 0 Å². The molecule has 0 radical (unpaired) electrons. The lowest BCUT2D eigenvalue weighted by Crippen LogP contribution is -2.07. The molecule has 0 spiro atoms. The zero-order chi connectivity index (χ0) is 13.7. The largest absolute Gasteiger partial charge is 0.486 e. The molecule has 0 fully saturated rings. The van der Waals surface area contributed by atoms with Crippen LogP contribution >= 0.6 is 15.9 Å². The molecule has 0 heterocycles. The van der Waals surface area contributed by atoms with Gasteiger partial charge in [0.05, 0.1) is 0 Å². The van der Waals surface area contributed by atoms with Crippen LogP contribution in [0.3, 0.4) is 0 Å². The fourth-order valence-corrected chi connectivity index (χ4v) is 2.18. The van der Waals surface area contributed by atoms with Gasteiger partial charge in [0.1, 0.15) is 6.61 Å². The maximum atomic E-state index is 13.6. The van der Waals surface area contributed by atoms with E-state index in [1.807, 2.05) is 24.3 Å².